The number of hydrogen-bond acceptors (Lipinski definition) is 3. The predicted molar refractivity (Wildman–Crippen MR) is 75.3 cm³/mol. The number of rotatable bonds is 5. The first-order chi connectivity index (χ1) is 8.74. The predicted octanol–water partition coefficient (Wildman–Crippen LogP) is 1.86. The fourth-order valence-electron chi connectivity index (χ4n) is 1.79. The van der Waals surface area contributed by atoms with Crippen molar-refractivity contribution >= 4 is 5.91 Å². The summed E-state index contributed by atoms with van der Waals surface area (Å²) in [5.41, 5.74) is -0.557. The van der Waals surface area contributed by atoms with Crippen LogP contribution in [0.4, 0.5) is 0 Å². The summed E-state index contributed by atoms with van der Waals surface area (Å²) >= 11 is 0. The minimum absolute atomic E-state index is 0.110. The zero-order valence-corrected chi connectivity index (χ0v) is 12.3. The topological polar surface area (TPSA) is 58.6 Å². The summed E-state index contributed by atoms with van der Waals surface area (Å²) in [6, 6.07) is 7.46. The third-order valence-corrected chi connectivity index (χ3v) is 3.20. The molecule has 4 heteroatoms. The van der Waals surface area contributed by atoms with Gasteiger partial charge in [0.2, 0.25) is 5.91 Å². The third kappa shape index (κ3) is 3.47. The normalized spacial score (nSPS) is 12.1. The Kier molecular flexibility index (Phi) is 4.58. The summed E-state index contributed by atoms with van der Waals surface area (Å²) in [7, 11) is 1.59. The molecule has 0 unspecified atom stereocenters. The lowest BCUT2D eigenvalue weighted by molar-refractivity contribution is -0.127. The molecule has 0 radical (unpaired) electrons. The molecule has 0 bridgehead atoms. The average molecular weight is 265 g/mol. The molecule has 0 aromatic heterocycles. The molecule has 0 saturated heterocycles. The van der Waals surface area contributed by atoms with Crippen LogP contribution in [-0.2, 0) is 10.2 Å². The average Bonchev–Trinajstić information content (AvgIpc) is 2.38. The van der Waals surface area contributed by atoms with Gasteiger partial charge in [-0.1, -0.05) is 18.2 Å². The summed E-state index contributed by atoms with van der Waals surface area (Å²) < 4.78 is 5.31. The van der Waals surface area contributed by atoms with Crippen LogP contribution in [-0.4, -0.2) is 30.3 Å². The van der Waals surface area contributed by atoms with E-state index in [0.29, 0.717) is 5.75 Å². The second kappa shape index (κ2) is 5.61. The zero-order chi connectivity index (χ0) is 14.7. The third-order valence-electron chi connectivity index (χ3n) is 3.20. The Hall–Kier alpha value is -1.55. The van der Waals surface area contributed by atoms with E-state index in [2.05, 4.69) is 5.32 Å². The molecule has 19 heavy (non-hydrogen) atoms. The Morgan fingerprint density at radius 2 is 1.84 bits per heavy atom. The number of para-hydroxylation sites is 1. The second-order valence-corrected chi connectivity index (χ2v) is 5.82. The van der Waals surface area contributed by atoms with Gasteiger partial charge in [0.1, 0.15) is 5.75 Å². The van der Waals surface area contributed by atoms with Crippen molar-refractivity contribution < 1.29 is 14.6 Å². The number of amides is 1. The van der Waals surface area contributed by atoms with Gasteiger partial charge >= 0.3 is 0 Å². The van der Waals surface area contributed by atoms with Crippen molar-refractivity contribution in [3.05, 3.63) is 29.8 Å². The molecule has 0 aliphatic carbocycles. The van der Waals surface area contributed by atoms with E-state index in [0.717, 1.165) is 5.56 Å². The number of aliphatic hydroxyl groups is 1. The van der Waals surface area contributed by atoms with E-state index in [4.69, 9.17) is 4.74 Å². The van der Waals surface area contributed by atoms with Crippen LogP contribution >= 0.6 is 0 Å². The number of aliphatic hydroxyl groups excluding tert-OH is 1. The molecule has 0 fully saturated rings. The number of carbonyl (C=O) groups excluding carboxylic acids is 1. The minimum Gasteiger partial charge on any atom is -0.496 e. The highest BCUT2D eigenvalue weighted by molar-refractivity contribution is 5.88. The SMILES string of the molecule is COc1ccccc1C(C)(C)C(=O)NC(C)(C)CO. The van der Waals surface area contributed by atoms with Gasteiger partial charge in [-0.15, -0.1) is 0 Å². The molecule has 1 amide bonds. The lowest BCUT2D eigenvalue weighted by atomic mass is 9.82. The van der Waals surface area contributed by atoms with Crippen LogP contribution in [0.3, 0.4) is 0 Å². The Labute approximate surface area is 114 Å². The summed E-state index contributed by atoms with van der Waals surface area (Å²) in [4.78, 5) is 12.4. The highest BCUT2D eigenvalue weighted by Gasteiger charge is 2.35. The van der Waals surface area contributed by atoms with Gasteiger partial charge in [-0.2, -0.15) is 0 Å². The van der Waals surface area contributed by atoms with Crippen molar-refractivity contribution in [1.29, 1.82) is 0 Å². The Balaban J connectivity index is 3.06. The number of nitrogens with one attached hydrogen (secondary N) is 1. The fraction of sp³-hybridized carbons (Fsp3) is 0.533. The van der Waals surface area contributed by atoms with Crippen LogP contribution in [0.1, 0.15) is 33.3 Å². The maximum absolute atomic E-state index is 12.4. The van der Waals surface area contributed by atoms with E-state index < -0.39 is 11.0 Å². The maximum atomic E-state index is 12.4. The van der Waals surface area contributed by atoms with Gasteiger partial charge < -0.3 is 15.2 Å². The number of methoxy groups -OCH3 is 1. The van der Waals surface area contributed by atoms with Gasteiger partial charge in [-0.25, -0.2) is 0 Å². The first-order valence-corrected chi connectivity index (χ1v) is 6.31. The van der Waals surface area contributed by atoms with Crippen LogP contribution in [0.2, 0.25) is 0 Å². The standard InChI is InChI=1S/C15H23NO3/c1-14(2,10-17)16-13(18)15(3,4)11-8-6-7-9-12(11)19-5/h6-9,17H,10H2,1-5H3,(H,16,18). The monoisotopic (exact) mass is 265 g/mol. The summed E-state index contributed by atoms with van der Waals surface area (Å²) in [6.45, 7) is 7.13. The highest BCUT2D eigenvalue weighted by atomic mass is 16.5. The number of ether oxygens (including phenoxy) is 1. The van der Waals surface area contributed by atoms with Gasteiger partial charge in [0.05, 0.1) is 24.7 Å². The van der Waals surface area contributed by atoms with E-state index in [-0.39, 0.29) is 12.5 Å². The molecule has 106 valence electrons. The molecular weight excluding hydrogens is 242 g/mol. The molecule has 0 aliphatic heterocycles. The number of hydrogen-bond donors (Lipinski definition) is 2. The number of carbonyl (C=O) groups is 1. The minimum atomic E-state index is -0.737. The van der Waals surface area contributed by atoms with E-state index in [1.165, 1.54) is 0 Å². The molecule has 0 heterocycles. The molecule has 4 nitrogen and oxygen atoms in total. The summed E-state index contributed by atoms with van der Waals surface area (Å²) in [5, 5.41) is 12.1. The van der Waals surface area contributed by atoms with Crippen molar-refractivity contribution in [2.75, 3.05) is 13.7 Å². The maximum Gasteiger partial charge on any atom is 0.230 e. The fourth-order valence-corrected chi connectivity index (χ4v) is 1.79. The summed E-state index contributed by atoms with van der Waals surface area (Å²) in [6.07, 6.45) is 0. The second-order valence-electron chi connectivity index (χ2n) is 5.82. The zero-order valence-electron chi connectivity index (χ0n) is 12.3. The van der Waals surface area contributed by atoms with Gasteiger partial charge in [-0.3, -0.25) is 4.79 Å². The Bertz CT molecular complexity index is 452. The van der Waals surface area contributed by atoms with Gasteiger partial charge in [0, 0.05) is 5.56 Å². The van der Waals surface area contributed by atoms with Crippen LogP contribution in [0, 0.1) is 0 Å². The van der Waals surface area contributed by atoms with Crippen molar-refractivity contribution in [2.45, 2.75) is 38.6 Å². The molecule has 1 rings (SSSR count). The van der Waals surface area contributed by atoms with Crippen LogP contribution in [0.15, 0.2) is 24.3 Å². The molecule has 0 atom stereocenters. The molecular formula is C15H23NO3. The quantitative estimate of drug-likeness (QED) is 0.854. The molecule has 1 aromatic rings. The van der Waals surface area contributed by atoms with Crippen molar-refractivity contribution in [3.8, 4) is 5.75 Å². The Morgan fingerprint density at radius 1 is 1.26 bits per heavy atom. The molecule has 0 spiro atoms. The van der Waals surface area contributed by atoms with Crippen LogP contribution in [0.25, 0.3) is 0 Å². The molecule has 0 aliphatic rings. The van der Waals surface area contributed by atoms with Gasteiger partial charge in [0.25, 0.3) is 0 Å². The van der Waals surface area contributed by atoms with Crippen LogP contribution < -0.4 is 10.1 Å². The van der Waals surface area contributed by atoms with E-state index in [1.807, 2.05) is 38.1 Å². The largest absolute Gasteiger partial charge is 0.496 e. The van der Waals surface area contributed by atoms with E-state index >= 15 is 0 Å². The van der Waals surface area contributed by atoms with Crippen LogP contribution in [0.5, 0.6) is 5.75 Å². The first kappa shape index (κ1) is 15.5. The van der Waals surface area contributed by atoms with E-state index in [9.17, 15) is 9.90 Å². The van der Waals surface area contributed by atoms with Gasteiger partial charge in [0.15, 0.2) is 0 Å². The lowest BCUT2D eigenvalue weighted by Crippen LogP contribution is -2.52. The lowest BCUT2D eigenvalue weighted by Gasteiger charge is -2.31. The van der Waals surface area contributed by atoms with Gasteiger partial charge in [-0.05, 0) is 33.8 Å². The van der Waals surface area contributed by atoms with Crippen molar-refractivity contribution in [3.63, 3.8) is 0 Å². The van der Waals surface area contributed by atoms with Crippen molar-refractivity contribution in [1.82, 2.24) is 5.32 Å². The first-order valence-electron chi connectivity index (χ1n) is 6.31. The van der Waals surface area contributed by atoms with E-state index in [1.54, 1.807) is 21.0 Å². The summed E-state index contributed by atoms with van der Waals surface area (Å²) in [5.74, 6) is 0.542. The number of benzene rings is 1. The smallest absolute Gasteiger partial charge is 0.230 e. The molecule has 2 N–H and O–H groups in total. The Morgan fingerprint density at radius 3 is 2.37 bits per heavy atom. The molecule has 1 aromatic carbocycles. The van der Waals surface area contributed by atoms with Crippen molar-refractivity contribution in [2.24, 2.45) is 0 Å². The molecule has 0 saturated carbocycles. The highest BCUT2D eigenvalue weighted by Crippen LogP contribution is 2.32.